The van der Waals surface area contributed by atoms with E-state index in [1.165, 1.54) is 23.5 Å². The van der Waals surface area contributed by atoms with Crippen LogP contribution in [-0.4, -0.2) is 47.5 Å². The smallest absolute Gasteiger partial charge is 0.197 e. The predicted molar refractivity (Wildman–Crippen MR) is 104 cm³/mol. The van der Waals surface area contributed by atoms with Gasteiger partial charge in [-0.2, -0.15) is 0 Å². The maximum absolute atomic E-state index is 5.11. The molecule has 2 atom stereocenters. The Labute approximate surface area is 151 Å². The molecule has 0 spiro atoms. The second-order valence-corrected chi connectivity index (χ2v) is 7.21. The van der Waals surface area contributed by atoms with Crippen molar-refractivity contribution in [1.29, 1.82) is 0 Å². The van der Waals surface area contributed by atoms with Crippen molar-refractivity contribution >= 4 is 5.96 Å². The fraction of sp³-hybridized carbons (Fsp3) is 0.409. The first-order valence-electron chi connectivity index (χ1n) is 9.50. The van der Waals surface area contributed by atoms with Gasteiger partial charge in [0.25, 0.3) is 0 Å². The Bertz CT molecular complexity index is 711. The highest BCUT2D eigenvalue weighted by Crippen LogP contribution is 2.27. The predicted octanol–water partition coefficient (Wildman–Crippen LogP) is 3.61. The van der Waals surface area contributed by atoms with E-state index < -0.39 is 0 Å². The van der Waals surface area contributed by atoms with E-state index in [9.17, 15) is 0 Å². The number of fused-ring (bicyclic) bond motifs is 1. The molecular weight excluding hydrogens is 306 g/mol. The maximum Gasteiger partial charge on any atom is 0.197 e. The molecule has 0 aromatic heterocycles. The van der Waals surface area contributed by atoms with Crippen LogP contribution in [0.3, 0.4) is 0 Å². The van der Waals surface area contributed by atoms with E-state index in [0.29, 0.717) is 12.1 Å². The fourth-order valence-corrected chi connectivity index (χ4v) is 4.12. The summed E-state index contributed by atoms with van der Waals surface area (Å²) in [6.45, 7) is 5.53. The van der Waals surface area contributed by atoms with Crippen molar-refractivity contribution in [3.05, 3.63) is 71.8 Å². The maximum atomic E-state index is 5.11. The van der Waals surface area contributed by atoms with Gasteiger partial charge in [0.05, 0.1) is 12.1 Å². The molecule has 0 bridgehead atoms. The molecule has 3 heteroatoms. The molecule has 2 aromatic rings. The van der Waals surface area contributed by atoms with E-state index in [4.69, 9.17) is 4.99 Å². The van der Waals surface area contributed by atoms with E-state index >= 15 is 0 Å². The van der Waals surface area contributed by atoms with E-state index in [0.717, 1.165) is 32.5 Å². The standard InChI is InChI=1S/C22H27N3/c1-2-13-24-17-21(15-19-11-7-4-8-12-19)25-16-20(23-22(24)25)14-18-9-5-3-6-10-18/h3-12,20-21H,2,13-17H2,1H3/t20-,21-/m0/s1. The summed E-state index contributed by atoms with van der Waals surface area (Å²) >= 11 is 0. The van der Waals surface area contributed by atoms with Gasteiger partial charge in [0.15, 0.2) is 5.96 Å². The molecular formula is C22H27N3. The second-order valence-electron chi connectivity index (χ2n) is 7.21. The van der Waals surface area contributed by atoms with Gasteiger partial charge < -0.3 is 9.80 Å². The Morgan fingerprint density at radius 1 is 0.880 bits per heavy atom. The molecule has 0 radical (unpaired) electrons. The minimum absolute atomic E-state index is 0.385. The molecule has 2 aliphatic heterocycles. The Morgan fingerprint density at radius 2 is 1.52 bits per heavy atom. The van der Waals surface area contributed by atoms with Crippen LogP contribution in [0.25, 0.3) is 0 Å². The highest BCUT2D eigenvalue weighted by atomic mass is 15.5. The van der Waals surface area contributed by atoms with Gasteiger partial charge in [0.1, 0.15) is 0 Å². The summed E-state index contributed by atoms with van der Waals surface area (Å²) in [7, 11) is 0. The van der Waals surface area contributed by atoms with Crippen LogP contribution in [0, 0.1) is 0 Å². The second kappa shape index (κ2) is 7.30. The Hall–Kier alpha value is -2.29. The molecule has 0 unspecified atom stereocenters. The first-order valence-corrected chi connectivity index (χ1v) is 9.50. The van der Waals surface area contributed by atoms with Crippen molar-refractivity contribution in [1.82, 2.24) is 9.80 Å². The van der Waals surface area contributed by atoms with Crippen LogP contribution in [0.2, 0.25) is 0 Å². The molecule has 25 heavy (non-hydrogen) atoms. The van der Waals surface area contributed by atoms with Crippen molar-refractivity contribution in [3.63, 3.8) is 0 Å². The molecule has 2 heterocycles. The van der Waals surface area contributed by atoms with Gasteiger partial charge in [-0.1, -0.05) is 67.6 Å². The van der Waals surface area contributed by atoms with Crippen LogP contribution in [0.15, 0.2) is 65.7 Å². The highest BCUT2D eigenvalue weighted by Gasteiger charge is 2.40. The Balaban J connectivity index is 1.49. The lowest BCUT2D eigenvalue weighted by Gasteiger charge is -2.22. The highest BCUT2D eigenvalue weighted by molar-refractivity contribution is 5.84. The van der Waals surface area contributed by atoms with Gasteiger partial charge in [-0.3, -0.25) is 0 Å². The largest absolute Gasteiger partial charge is 0.341 e. The van der Waals surface area contributed by atoms with Crippen LogP contribution >= 0.6 is 0 Å². The van der Waals surface area contributed by atoms with Crippen LogP contribution in [-0.2, 0) is 12.8 Å². The molecule has 0 saturated carbocycles. The third kappa shape index (κ3) is 3.55. The van der Waals surface area contributed by atoms with Crippen molar-refractivity contribution < 1.29 is 0 Å². The number of nitrogens with zero attached hydrogens (tertiary/aromatic N) is 3. The van der Waals surface area contributed by atoms with Gasteiger partial charge in [0, 0.05) is 19.6 Å². The molecule has 4 rings (SSSR count). The van der Waals surface area contributed by atoms with Crippen LogP contribution < -0.4 is 0 Å². The normalized spacial score (nSPS) is 22.2. The van der Waals surface area contributed by atoms with Crippen LogP contribution in [0.4, 0.5) is 0 Å². The monoisotopic (exact) mass is 333 g/mol. The van der Waals surface area contributed by atoms with E-state index in [1.54, 1.807) is 0 Å². The Morgan fingerprint density at radius 3 is 2.16 bits per heavy atom. The van der Waals surface area contributed by atoms with Crippen molar-refractivity contribution in [2.24, 2.45) is 4.99 Å². The lowest BCUT2D eigenvalue weighted by Crippen LogP contribution is -2.36. The SMILES string of the molecule is CCCN1C[C@H](Cc2ccccc2)N2C[C@H](Cc3ccccc3)N=C12. The van der Waals surface area contributed by atoms with E-state index in [2.05, 4.69) is 77.4 Å². The van der Waals surface area contributed by atoms with Crippen LogP contribution in [0.5, 0.6) is 0 Å². The summed E-state index contributed by atoms with van der Waals surface area (Å²) in [6, 6.07) is 22.6. The van der Waals surface area contributed by atoms with Crippen molar-refractivity contribution in [2.45, 2.75) is 38.3 Å². The number of hydrogen-bond acceptors (Lipinski definition) is 3. The average Bonchev–Trinajstić information content (AvgIpc) is 3.18. The lowest BCUT2D eigenvalue weighted by molar-refractivity contribution is 0.333. The van der Waals surface area contributed by atoms with E-state index in [1.807, 2.05) is 0 Å². The number of hydrogen-bond donors (Lipinski definition) is 0. The van der Waals surface area contributed by atoms with Crippen molar-refractivity contribution in [3.8, 4) is 0 Å². The summed E-state index contributed by atoms with van der Waals surface area (Å²) in [5.41, 5.74) is 2.82. The van der Waals surface area contributed by atoms with Gasteiger partial charge in [-0.05, 0) is 30.4 Å². The fourth-order valence-electron chi connectivity index (χ4n) is 4.12. The third-order valence-corrected chi connectivity index (χ3v) is 5.24. The van der Waals surface area contributed by atoms with Gasteiger partial charge >= 0.3 is 0 Å². The summed E-state index contributed by atoms with van der Waals surface area (Å²) in [4.78, 5) is 10.2. The van der Waals surface area contributed by atoms with Crippen LogP contribution in [0.1, 0.15) is 24.5 Å². The van der Waals surface area contributed by atoms with Crippen molar-refractivity contribution in [2.75, 3.05) is 19.6 Å². The molecule has 0 aliphatic carbocycles. The number of benzene rings is 2. The summed E-state index contributed by atoms with van der Waals surface area (Å²) in [6.07, 6.45) is 3.32. The molecule has 0 N–H and O–H groups in total. The number of aliphatic imine (C=N–C) groups is 1. The van der Waals surface area contributed by atoms with Gasteiger partial charge in [-0.25, -0.2) is 4.99 Å². The molecule has 3 nitrogen and oxygen atoms in total. The zero-order valence-electron chi connectivity index (χ0n) is 15.0. The van der Waals surface area contributed by atoms with Gasteiger partial charge in [-0.15, -0.1) is 0 Å². The first-order chi connectivity index (χ1) is 12.3. The zero-order chi connectivity index (χ0) is 17.1. The molecule has 0 amide bonds. The topological polar surface area (TPSA) is 18.8 Å². The summed E-state index contributed by atoms with van der Waals surface area (Å²) in [5, 5.41) is 0. The minimum Gasteiger partial charge on any atom is -0.341 e. The number of rotatable bonds is 6. The first kappa shape index (κ1) is 16.2. The summed E-state index contributed by atoms with van der Waals surface area (Å²) < 4.78 is 0. The molecule has 2 aromatic carbocycles. The van der Waals surface area contributed by atoms with E-state index in [-0.39, 0.29) is 0 Å². The molecule has 130 valence electrons. The third-order valence-electron chi connectivity index (χ3n) is 5.24. The average molecular weight is 333 g/mol. The van der Waals surface area contributed by atoms with Gasteiger partial charge in [0.2, 0.25) is 0 Å². The Kier molecular flexibility index (Phi) is 4.73. The molecule has 2 aliphatic rings. The lowest BCUT2D eigenvalue weighted by atomic mass is 10.0. The number of guanidine groups is 1. The molecule has 1 fully saturated rings. The summed E-state index contributed by atoms with van der Waals surface area (Å²) in [5.74, 6) is 1.24. The zero-order valence-corrected chi connectivity index (χ0v) is 15.0. The minimum atomic E-state index is 0.385. The molecule has 1 saturated heterocycles. The quantitative estimate of drug-likeness (QED) is 0.804.